The summed E-state index contributed by atoms with van der Waals surface area (Å²) in [5, 5.41) is 2.63. The van der Waals surface area contributed by atoms with Crippen molar-refractivity contribution in [1.29, 1.82) is 0 Å². The van der Waals surface area contributed by atoms with Crippen LogP contribution < -0.4 is 5.32 Å². The number of hydrogen-bond acceptors (Lipinski definition) is 3. The van der Waals surface area contributed by atoms with Crippen LogP contribution in [0, 0.1) is 5.82 Å². The summed E-state index contributed by atoms with van der Waals surface area (Å²) in [5.74, 6) is -0.457. The lowest BCUT2D eigenvalue weighted by atomic mass is 10.1. The molecule has 0 saturated heterocycles. The van der Waals surface area contributed by atoms with E-state index in [2.05, 4.69) is 5.32 Å². The minimum absolute atomic E-state index is 0.222. The highest BCUT2D eigenvalue weighted by Gasteiger charge is 2.01. The Balaban J connectivity index is 1.69. The third-order valence-electron chi connectivity index (χ3n) is 3.18. The number of carbonyl (C=O) groups excluding carboxylic acids is 2. The predicted octanol–water partition coefficient (Wildman–Crippen LogP) is 3.97. The molecule has 124 valence electrons. The number of amides is 1. The van der Waals surface area contributed by atoms with Gasteiger partial charge in [0.2, 0.25) is 0 Å². The van der Waals surface area contributed by atoms with Crippen LogP contribution in [0.25, 0.3) is 6.08 Å². The van der Waals surface area contributed by atoms with E-state index in [-0.39, 0.29) is 12.2 Å². The van der Waals surface area contributed by atoms with Gasteiger partial charge in [-0.05, 0) is 35.7 Å². The van der Waals surface area contributed by atoms with E-state index in [1.807, 2.05) is 30.3 Å². The summed E-state index contributed by atoms with van der Waals surface area (Å²) in [5.41, 5.74) is 1.81. The molecule has 0 heterocycles. The molecule has 1 N–H and O–H groups in total. The molecule has 0 aliphatic heterocycles. The first kappa shape index (κ1) is 17.4. The van der Waals surface area contributed by atoms with E-state index in [0.717, 1.165) is 5.56 Å². The highest BCUT2D eigenvalue weighted by atomic mass is 19.1. The summed E-state index contributed by atoms with van der Waals surface area (Å²) in [7, 11) is 0. The Bertz CT molecular complexity index is 714. The van der Waals surface area contributed by atoms with E-state index in [1.54, 1.807) is 18.2 Å². The van der Waals surface area contributed by atoms with Crippen molar-refractivity contribution in [2.75, 3.05) is 6.54 Å². The fourth-order valence-electron chi connectivity index (χ4n) is 2.05. The number of hydrogen-bond donors (Lipinski definition) is 1. The smallest absolute Gasteiger partial charge is 0.407 e. The van der Waals surface area contributed by atoms with Crippen LogP contribution in [0.4, 0.5) is 9.18 Å². The molecule has 2 aromatic carbocycles. The first-order chi connectivity index (χ1) is 11.7. The van der Waals surface area contributed by atoms with Gasteiger partial charge in [-0.15, -0.1) is 0 Å². The summed E-state index contributed by atoms with van der Waals surface area (Å²) in [6, 6.07) is 13.5. The first-order valence-electron chi connectivity index (χ1n) is 7.54. The highest BCUT2D eigenvalue weighted by Crippen LogP contribution is 2.09. The number of ether oxygens (including phenoxy) is 1. The largest absolute Gasteiger partial charge is 0.445 e. The Morgan fingerprint density at radius 1 is 1.12 bits per heavy atom. The van der Waals surface area contributed by atoms with E-state index in [0.29, 0.717) is 24.8 Å². The van der Waals surface area contributed by atoms with Gasteiger partial charge in [-0.25, -0.2) is 9.18 Å². The van der Waals surface area contributed by atoms with Gasteiger partial charge >= 0.3 is 6.09 Å². The predicted molar refractivity (Wildman–Crippen MR) is 90.1 cm³/mol. The molecule has 0 aliphatic rings. The number of carbonyl (C=O) groups is 2. The number of rotatable bonds is 7. The Hall–Kier alpha value is -2.95. The minimum Gasteiger partial charge on any atom is -0.445 e. The number of alkyl carbamates (subject to hydrolysis) is 1. The second-order valence-electron chi connectivity index (χ2n) is 5.12. The molecule has 0 aromatic heterocycles. The topological polar surface area (TPSA) is 55.4 Å². The molecule has 0 fully saturated rings. The minimum atomic E-state index is -0.485. The monoisotopic (exact) mass is 327 g/mol. The molecule has 0 saturated carbocycles. The van der Waals surface area contributed by atoms with E-state index in [9.17, 15) is 14.0 Å². The molecular formula is C19H18FNO3. The van der Waals surface area contributed by atoms with E-state index in [1.165, 1.54) is 12.1 Å². The molecule has 0 unspecified atom stereocenters. The maximum Gasteiger partial charge on any atom is 0.407 e. The van der Waals surface area contributed by atoms with Crippen LogP contribution in [-0.4, -0.2) is 18.9 Å². The molecule has 0 aliphatic carbocycles. The summed E-state index contributed by atoms with van der Waals surface area (Å²) >= 11 is 0. The van der Waals surface area contributed by atoms with Gasteiger partial charge in [0.1, 0.15) is 18.7 Å². The van der Waals surface area contributed by atoms with Crippen molar-refractivity contribution in [3.63, 3.8) is 0 Å². The van der Waals surface area contributed by atoms with Crippen LogP contribution in [0.2, 0.25) is 0 Å². The second-order valence-corrected chi connectivity index (χ2v) is 5.12. The SMILES string of the molecule is O=Cc1cc(F)cc(C=CCCNC(=O)OCc2ccccc2)c1. The van der Waals surface area contributed by atoms with Crippen molar-refractivity contribution < 1.29 is 18.7 Å². The van der Waals surface area contributed by atoms with Crippen LogP contribution in [0.1, 0.15) is 27.9 Å². The molecule has 24 heavy (non-hydrogen) atoms. The van der Waals surface area contributed by atoms with E-state index in [4.69, 9.17) is 4.74 Å². The van der Waals surface area contributed by atoms with Crippen LogP contribution in [0.15, 0.2) is 54.6 Å². The second kappa shape index (κ2) is 9.25. The van der Waals surface area contributed by atoms with E-state index < -0.39 is 11.9 Å². The summed E-state index contributed by atoms with van der Waals surface area (Å²) in [6.07, 6.45) is 4.17. The molecule has 0 bridgehead atoms. The van der Waals surface area contributed by atoms with Crippen molar-refractivity contribution in [2.45, 2.75) is 13.0 Å². The quantitative estimate of drug-likeness (QED) is 0.618. The number of halogens is 1. The zero-order valence-corrected chi connectivity index (χ0v) is 13.1. The van der Waals surface area contributed by atoms with Gasteiger partial charge in [0.05, 0.1) is 0 Å². The van der Waals surface area contributed by atoms with Crippen LogP contribution in [0.5, 0.6) is 0 Å². The lowest BCUT2D eigenvalue weighted by Gasteiger charge is -2.05. The van der Waals surface area contributed by atoms with Crippen LogP contribution >= 0.6 is 0 Å². The Morgan fingerprint density at radius 3 is 2.62 bits per heavy atom. The lowest BCUT2D eigenvalue weighted by Crippen LogP contribution is -2.24. The summed E-state index contributed by atoms with van der Waals surface area (Å²) in [6.45, 7) is 0.625. The highest BCUT2D eigenvalue weighted by molar-refractivity contribution is 5.76. The van der Waals surface area contributed by atoms with Gasteiger partial charge in [-0.1, -0.05) is 42.5 Å². The molecular weight excluding hydrogens is 309 g/mol. The maximum absolute atomic E-state index is 13.3. The number of nitrogens with one attached hydrogen (secondary N) is 1. The number of aldehydes is 1. The maximum atomic E-state index is 13.3. The molecule has 0 spiro atoms. The standard InChI is InChI=1S/C19H18FNO3/c20-18-11-16(10-17(12-18)13-22)8-4-5-9-21-19(23)24-14-15-6-2-1-3-7-15/h1-4,6-8,10-13H,5,9,14H2,(H,21,23). The summed E-state index contributed by atoms with van der Waals surface area (Å²) in [4.78, 5) is 22.2. The van der Waals surface area contributed by atoms with Crippen molar-refractivity contribution in [3.05, 3.63) is 77.1 Å². The Kier molecular flexibility index (Phi) is 6.71. The third-order valence-corrected chi connectivity index (χ3v) is 3.18. The fourth-order valence-corrected chi connectivity index (χ4v) is 2.05. The fraction of sp³-hybridized carbons (Fsp3) is 0.158. The van der Waals surface area contributed by atoms with Crippen LogP contribution in [0.3, 0.4) is 0 Å². The Morgan fingerprint density at radius 2 is 1.88 bits per heavy atom. The summed E-state index contributed by atoms with van der Waals surface area (Å²) < 4.78 is 18.3. The molecule has 0 radical (unpaired) electrons. The molecule has 5 heteroatoms. The zero-order chi connectivity index (χ0) is 17.2. The van der Waals surface area contributed by atoms with Gasteiger partial charge in [0.25, 0.3) is 0 Å². The van der Waals surface area contributed by atoms with Crippen molar-refractivity contribution in [1.82, 2.24) is 5.32 Å². The average Bonchev–Trinajstić information content (AvgIpc) is 2.60. The molecule has 2 rings (SSSR count). The lowest BCUT2D eigenvalue weighted by molar-refractivity contribution is 0.112. The van der Waals surface area contributed by atoms with Crippen molar-refractivity contribution >= 4 is 18.5 Å². The third kappa shape index (κ3) is 6.04. The molecule has 1 amide bonds. The van der Waals surface area contributed by atoms with E-state index >= 15 is 0 Å². The average molecular weight is 327 g/mol. The molecule has 4 nitrogen and oxygen atoms in total. The van der Waals surface area contributed by atoms with Gasteiger partial charge < -0.3 is 10.1 Å². The molecule has 2 aromatic rings. The van der Waals surface area contributed by atoms with Crippen molar-refractivity contribution in [2.24, 2.45) is 0 Å². The van der Waals surface area contributed by atoms with Gasteiger partial charge in [0, 0.05) is 12.1 Å². The van der Waals surface area contributed by atoms with Crippen LogP contribution in [-0.2, 0) is 11.3 Å². The normalized spacial score (nSPS) is 10.5. The molecule has 0 atom stereocenters. The van der Waals surface area contributed by atoms with Gasteiger partial charge in [-0.2, -0.15) is 0 Å². The van der Waals surface area contributed by atoms with Gasteiger partial charge in [0.15, 0.2) is 0 Å². The zero-order valence-electron chi connectivity index (χ0n) is 13.1. The first-order valence-corrected chi connectivity index (χ1v) is 7.54. The van der Waals surface area contributed by atoms with Crippen molar-refractivity contribution in [3.8, 4) is 0 Å². The van der Waals surface area contributed by atoms with Gasteiger partial charge in [-0.3, -0.25) is 4.79 Å². The number of benzene rings is 2. The Labute approximate surface area is 140 Å².